The van der Waals surface area contributed by atoms with Crippen LogP contribution in [0.15, 0.2) is 60.7 Å². The summed E-state index contributed by atoms with van der Waals surface area (Å²) in [5, 5.41) is 7.21. The average molecular weight is 480 g/mol. The number of nitrogens with one attached hydrogen (secondary N) is 2. The molecule has 0 radical (unpaired) electrons. The molecular formula is C27H30FN3O2S. The second kappa shape index (κ2) is 10.8. The van der Waals surface area contributed by atoms with Crippen molar-refractivity contribution >= 4 is 23.0 Å². The van der Waals surface area contributed by atoms with E-state index in [1.54, 1.807) is 26.4 Å². The fourth-order valence-electron chi connectivity index (χ4n) is 4.47. The van der Waals surface area contributed by atoms with Crippen LogP contribution in [0.2, 0.25) is 0 Å². The molecular weight excluding hydrogens is 449 g/mol. The van der Waals surface area contributed by atoms with Gasteiger partial charge in [-0.15, -0.1) is 0 Å². The lowest BCUT2D eigenvalue weighted by Crippen LogP contribution is -2.42. The number of anilines is 1. The third kappa shape index (κ3) is 5.66. The van der Waals surface area contributed by atoms with Crippen LogP contribution < -0.4 is 20.1 Å². The number of hydrogen-bond donors (Lipinski definition) is 2. The molecule has 1 aliphatic heterocycles. The van der Waals surface area contributed by atoms with Crippen LogP contribution in [0.1, 0.15) is 28.3 Å². The van der Waals surface area contributed by atoms with Crippen molar-refractivity contribution in [3.63, 3.8) is 0 Å². The van der Waals surface area contributed by atoms with Crippen molar-refractivity contribution in [3.8, 4) is 11.5 Å². The number of methoxy groups -OCH3 is 2. The summed E-state index contributed by atoms with van der Waals surface area (Å²) in [6.45, 7) is 4.11. The van der Waals surface area contributed by atoms with E-state index >= 15 is 0 Å². The zero-order valence-corrected chi connectivity index (χ0v) is 20.5. The first-order chi connectivity index (χ1) is 16.5. The third-order valence-corrected chi connectivity index (χ3v) is 6.37. The van der Waals surface area contributed by atoms with Crippen LogP contribution in [-0.2, 0) is 13.0 Å². The highest BCUT2D eigenvalue weighted by atomic mass is 32.1. The first-order valence-electron chi connectivity index (χ1n) is 11.3. The Bertz CT molecular complexity index is 1170. The molecule has 5 nitrogen and oxygen atoms in total. The Kier molecular flexibility index (Phi) is 7.65. The molecule has 0 saturated carbocycles. The first-order valence-corrected chi connectivity index (χ1v) is 11.7. The van der Waals surface area contributed by atoms with Gasteiger partial charge >= 0.3 is 0 Å². The Balaban J connectivity index is 1.57. The number of halogens is 1. The predicted octanol–water partition coefficient (Wildman–Crippen LogP) is 5.24. The highest BCUT2D eigenvalue weighted by Crippen LogP contribution is 2.38. The largest absolute Gasteiger partial charge is 0.493 e. The van der Waals surface area contributed by atoms with E-state index in [2.05, 4.69) is 33.7 Å². The maximum Gasteiger partial charge on any atom is 0.170 e. The predicted molar refractivity (Wildman–Crippen MR) is 138 cm³/mol. The SMILES string of the molecule is COc1cc2c(cc1OC)[C@H](CNC(=S)Nc1cccc(C)c1)N(Cc1cccc(F)c1)CC2. The normalized spacial score (nSPS) is 15.4. The van der Waals surface area contributed by atoms with Crippen LogP contribution in [0.5, 0.6) is 11.5 Å². The number of nitrogens with zero attached hydrogens (tertiary/aromatic N) is 1. The van der Waals surface area contributed by atoms with Crippen molar-refractivity contribution in [2.75, 3.05) is 32.6 Å². The molecule has 3 aromatic rings. The summed E-state index contributed by atoms with van der Waals surface area (Å²) in [5.41, 5.74) is 5.43. The fourth-order valence-corrected chi connectivity index (χ4v) is 4.67. The van der Waals surface area contributed by atoms with Crippen molar-refractivity contribution < 1.29 is 13.9 Å². The smallest absolute Gasteiger partial charge is 0.170 e. The van der Waals surface area contributed by atoms with Gasteiger partial charge in [-0.3, -0.25) is 4.90 Å². The molecule has 1 heterocycles. The summed E-state index contributed by atoms with van der Waals surface area (Å²) < 4.78 is 24.9. The van der Waals surface area contributed by atoms with Gasteiger partial charge in [-0.05, 0) is 84.2 Å². The second-order valence-electron chi connectivity index (χ2n) is 8.48. The molecule has 0 aliphatic carbocycles. The van der Waals surface area contributed by atoms with Crippen LogP contribution in [0.3, 0.4) is 0 Å². The summed E-state index contributed by atoms with van der Waals surface area (Å²) in [6.07, 6.45) is 0.869. The molecule has 0 amide bonds. The molecule has 2 N–H and O–H groups in total. The van der Waals surface area contributed by atoms with Gasteiger partial charge in [0.2, 0.25) is 0 Å². The van der Waals surface area contributed by atoms with Crippen molar-refractivity contribution in [1.29, 1.82) is 0 Å². The fraction of sp³-hybridized carbons (Fsp3) is 0.296. The van der Waals surface area contributed by atoms with Gasteiger partial charge in [-0.25, -0.2) is 4.39 Å². The lowest BCUT2D eigenvalue weighted by atomic mass is 9.91. The number of benzene rings is 3. The van der Waals surface area contributed by atoms with E-state index in [0.717, 1.165) is 41.1 Å². The number of aryl methyl sites for hydroxylation is 1. The third-order valence-electron chi connectivity index (χ3n) is 6.12. The highest BCUT2D eigenvalue weighted by molar-refractivity contribution is 7.80. The van der Waals surface area contributed by atoms with Crippen molar-refractivity contribution in [1.82, 2.24) is 10.2 Å². The van der Waals surface area contributed by atoms with E-state index in [1.165, 1.54) is 11.6 Å². The highest BCUT2D eigenvalue weighted by Gasteiger charge is 2.29. The molecule has 3 aromatic carbocycles. The first kappa shape index (κ1) is 24.0. The van der Waals surface area contributed by atoms with Gasteiger partial charge < -0.3 is 20.1 Å². The van der Waals surface area contributed by atoms with Crippen LogP contribution in [0, 0.1) is 12.7 Å². The lowest BCUT2D eigenvalue weighted by Gasteiger charge is -2.38. The molecule has 0 saturated heterocycles. The monoisotopic (exact) mass is 479 g/mol. The summed E-state index contributed by atoms with van der Waals surface area (Å²) in [5.74, 6) is 1.20. The number of rotatable bonds is 7. The van der Waals surface area contributed by atoms with Crippen molar-refractivity contribution in [2.45, 2.75) is 25.9 Å². The number of thiocarbonyl (C=S) groups is 1. The summed E-state index contributed by atoms with van der Waals surface area (Å²) in [6, 6.07) is 19.0. The number of ether oxygens (including phenoxy) is 2. The number of fused-ring (bicyclic) bond motifs is 1. The maximum absolute atomic E-state index is 13.8. The Morgan fingerprint density at radius 2 is 1.82 bits per heavy atom. The molecule has 0 spiro atoms. The van der Waals surface area contributed by atoms with Crippen LogP contribution in [-0.4, -0.2) is 37.3 Å². The minimum atomic E-state index is -0.223. The Labute approximate surface area is 205 Å². The van der Waals surface area contributed by atoms with E-state index in [9.17, 15) is 4.39 Å². The van der Waals surface area contributed by atoms with E-state index < -0.39 is 0 Å². The standard InChI is InChI=1S/C27H30FN3O2S/c1-18-6-4-9-22(12-18)30-27(34)29-16-24-23-15-26(33-3)25(32-2)14-20(23)10-11-31(24)17-19-7-5-8-21(28)13-19/h4-9,12-15,24H,10-11,16-17H2,1-3H3,(H2,29,30,34)/t24-/m0/s1. The summed E-state index contributed by atoms with van der Waals surface area (Å²) >= 11 is 5.59. The zero-order valence-electron chi connectivity index (χ0n) is 19.7. The number of hydrogen-bond acceptors (Lipinski definition) is 4. The molecule has 1 atom stereocenters. The van der Waals surface area contributed by atoms with Crippen molar-refractivity contribution in [3.05, 3.63) is 88.7 Å². The summed E-state index contributed by atoms with van der Waals surface area (Å²) in [7, 11) is 3.30. The van der Waals surface area contributed by atoms with E-state index in [4.69, 9.17) is 21.7 Å². The minimum absolute atomic E-state index is 0.0177. The average Bonchev–Trinajstić information content (AvgIpc) is 2.82. The van der Waals surface area contributed by atoms with Crippen LogP contribution >= 0.6 is 12.2 Å². The minimum Gasteiger partial charge on any atom is -0.493 e. The molecule has 1 aliphatic rings. The maximum atomic E-state index is 13.8. The zero-order chi connectivity index (χ0) is 24.1. The van der Waals surface area contributed by atoms with E-state index in [-0.39, 0.29) is 11.9 Å². The lowest BCUT2D eigenvalue weighted by molar-refractivity contribution is 0.176. The summed E-state index contributed by atoms with van der Waals surface area (Å²) in [4.78, 5) is 2.35. The van der Waals surface area contributed by atoms with Gasteiger partial charge in [0.1, 0.15) is 5.82 Å². The van der Waals surface area contributed by atoms with Crippen LogP contribution in [0.25, 0.3) is 0 Å². The van der Waals surface area contributed by atoms with Crippen LogP contribution in [0.4, 0.5) is 10.1 Å². The van der Waals surface area contributed by atoms with Gasteiger partial charge in [0, 0.05) is 25.3 Å². The molecule has 0 fully saturated rings. The Morgan fingerprint density at radius 3 is 2.56 bits per heavy atom. The Morgan fingerprint density at radius 1 is 1.06 bits per heavy atom. The van der Waals surface area contributed by atoms with Crippen molar-refractivity contribution in [2.24, 2.45) is 0 Å². The van der Waals surface area contributed by atoms with Gasteiger partial charge in [0.15, 0.2) is 16.6 Å². The Hall–Kier alpha value is -3.16. The van der Waals surface area contributed by atoms with Gasteiger partial charge in [-0.2, -0.15) is 0 Å². The topological polar surface area (TPSA) is 45.8 Å². The molecule has 4 rings (SSSR count). The molecule has 7 heteroatoms. The quantitative estimate of drug-likeness (QED) is 0.452. The molecule has 0 unspecified atom stereocenters. The second-order valence-corrected chi connectivity index (χ2v) is 8.88. The van der Waals surface area contributed by atoms with E-state index in [0.29, 0.717) is 24.0 Å². The molecule has 34 heavy (non-hydrogen) atoms. The van der Waals surface area contributed by atoms with Gasteiger partial charge in [0.05, 0.1) is 20.3 Å². The van der Waals surface area contributed by atoms with Gasteiger partial charge in [0.25, 0.3) is 0 Å². The molecule has 0 bridgehead atoms. The molecule has 178 valence electrons. The van der Waals surface area contributed by atoms with E-state index in [1.807, 2.05) is 31.2 Å². The molecule has 0 aromatic heterocycles. The van der Waals surface area contributed by atoms with Gasteiger partial charge in [-0.1, -0.05) is 24.3 Å².